The minimum Gasteiger partial charge on any atom is -0.383 e. The van der Waals surface area contributed by atoms with Gasteiger partial charge < -0.3 is 25.6 Å². The molecular weight excluding hydrogens is 440 g/mol. The van der Waals surface area contributed by atoms with Gasteiger partial charge >= 0.3 is 0 Å². The molecule has 0 atom stereocenters. The molecule has 0 bridgehead atoms. The Morgan fingerprint density at radius 3 is 2.52 bits per heavy atom. The molecule has 0 radical (unpaired) electrons. The SMILES string of the molecule is COCCNC(=O)CN=C(N)N1CCN(c2ccc(F)cc2)CC1.I. The highest BCUT2D eigenvalue weighted by molar-refractivity contribution is 14.0. The van der Waals surface area contributed by atoms with E-state index in [-0.39, 0.29) is 42.2 Å². The molecule has 0 unspecified atom stereocenters. The average Bonchev–Trinajstić information content (AvgIpc) is 2.61. The zero-order valence-electron chi connectivity index (χ0n) is 14.3. The molecule has 140 valence electrons. The molecule has 0 aromatic heterocycles. The van der Waals surface area contributed by atoms with E-state index in [1.165, 1.54) is 12.1 Å². The molecule has 0 spiro atoms. The van der Waals surface area contributed by atoms with Crippen LogP contribution in [0.15, 0.2) is 29.3 Å². The summed E-state index contributed by atoms with van der Waals surface area (Å²) in [5, 5.41) is 2.69. The fourth-order valence-corrected chi connectivity index (χ4v) is 2.45. The van der Waals surface area contributed by atoms with Crippen molar-refractivity contribution in [3.63, 3.8) is 0 Å². The zero-order valence-corrected chi connectivity index (χ0v) is 16.6. The summed E-state index contributed by atoms with van der Waals surface area (Å²) < 4.78 is 17.8. The Labute approximate surface area is 164 Å². The van der Waals surface area contributed by atoms with Crippen molar-refractivity contribution in [2.75, 3.05) is 57.9 Å². The number of amides is 1. The van der Waals surface area contributed by atoms with E-state index in [1.807, 2.05) is 4.90 Å². The first-order chi connectivity index (χ1) is 11.6. The highest BCUT2D eigenvalue weighted by Gasteiger charge is 2.18. The van der Waals surface area contributed by atoms with Gasteiger partial charge in [-0.1, -0.05) is 0 Å². The Morgan fingerprint density at radius 2 is 1.92 bits per heavy atom. The molecule has 25 heavy (non-hydrogen) atoms. The first-order valence-corrected chi connectivity index (χ1v) is 7.91. The number of nitrogens with two attached hydrogens (primary N) is 1. The number of aliphatic imine (C=N–C) groups is 1. The molecule has 1 amide bonds. The third kappa shape index (κ3) is 7.02. The Balaban J connectivity index is 0.00000312. The lowest BCUT2D eigenvalue weighted by molar-refractivity contribution is -0.119. The lowest BCUT2D eigenvalue weighted by Crippen LogP contribution is -2.51. The van der Waals surface area contributed by atoms with Crippen molar-refractivity contribution in [3.05, 3.63) is 30.1 Å². The molecule has 0 aliphatic carbocycles. The quantitative estimate of drug-likeness (QED) is 0.279. The minimum atomic E-state index is -0.238. The molecule has 0 saturated carbocycles. The van der Waals surface area contributed by atoms with Crippen LogP contribution >= 0.6 is 24.0 Å². The number of nitrogens with one attached hydrogen (secondary N) is 1. The van der Waals surface area contributed by atoms with Gasteiger partial charge in [-0.3, -0.25) is 4.79 Å². The Morgan fingerprint density at radius 1 is 1.28 bits per heavy atom. The normalized spacial score (nSPS) is 14.9. The second-order valence-corrected chi connectivity index (χ2v) is 5.47. The van der Waals surface area contributed by atoms with Gasteiger partial charge in [-0.05, 0) is 24.3 Å². The number of benzene rings is 1. The number of halogens is 2. The predicted octanol–water partition coefficient (Wildman–Crippen LogP) is 0.643. The summed E-state index contributed by atoms with van der Waals surface area (Å²) >= 11 is 0. The van der Waals surface area contributed by atoms with E-state index >= 15 is 0 Å². The maximum atomic E-state index is 13.0. The van der Waals surface area contributed by atoms with Crippen LogP contribution in [0.1, 0.15) is 0 Å². The number of nitrogens with zero attached hydrogens (tertiary/aromatic N) is 3. The minimum absolute atomic E-state index is 0. The number of guanidine groups is 1. The molecule has 3 N–H and O–H groups in total. The molecule has 1 aromatic rings. The summed E-state index contributed by atoms with van der Waals surface area (Å²) in [6, 6.07) is 6.46. The summed E-state index contributed by atoms with van der Waals surface area (Å²) in [7, 11) is 1.58. The number of hydrogen-bond acceptors (Lipinski definition) is 4. The fourth-order valence-electron chi connectivity index (χ4n) is 2.45. The molecule has 7 nitrogen and oxygen atoms in total. The standard InChI is InChI=1S/C16H24FN5O2.HI/c1-24-11-6-19-15(23)12-20-16(18)22-9-7-21(8-10-22)14-4-2-13(17)3-5-14;/h2-5H,6-12H2,1H3,(H2,18,20)(H,19,23);1H. The van der Waals surface area contributed by atoms with Gasteiger partial charge in [0.2, 0.25) is 5.91 Å². The van der Waals surface area contributed by atoms with E-state index in [1.54, 1.807) is 19.2 Å². The number of carbonyl (C=O) groups is 1. The number of ether oxygens (including phenoxy) is 1. The van der Waals surface area contributed by atoms with Crippen LogP contribution in [0.5, 0.6) is 0 Å². The Bertz CT molecular complexity index is 562. The zero-order chi connectivity index (χ0) is 17.4. The third-order valence-corrected chi connectivity index (χ3v) is 3.81. The van der Waals surface area contributed by atoms with Crippen LogP contribution in [-0.2, 0) is 9.53 Å². The van der Waals surface area contributed by atoms with Crippen molar-refractivity contribution in [1.82, 2.24) is 10.2 Å². The monoisotopic (exact) mass is 465 g/mol. The van der Waals surface area contributed by atoms with Crippen molar-refractivity contribution in [1.29, 1.82) is 0 Å². The first kappa shape index (κ1) is 21.4. The first-order valence-electron chi connectivity index (χ1n) is 7.91. The van der Waals surface area contributed by atoms with Crippen LogP contribution in [0.4, 0.5) is 10.1 Å². The van der Waals surface area contributed by atoms with Crippen molar-refractivity contribution in [3.8, 4) is 0 Å². The van der Waals surface area contributed by atoms with Crippen LogP contribution < -0.4 is 16.0 Å². The van der Waals surface area contributed by atoms with Crippen LogP contribution in [0.2, 0.25) is 0 Å². The maximum absolute atomic E-state index is 13.0. The molecule has 1 aliphatic rings. The Hall–Kier alpha value is -1.62. The lowest BCUT2D eigenvalue weighted by atomic mass is 10.2. The molecular formula is C16H25FIN5O2. The van der Waals surface area contributed by atoms with E-state index < -0.39 is 0 Å². The molecule has 1 aromatic carbocycles. The van der Waals surface area contributed by atoms with Crippen molar-refractivity contribution in [2.24, 2.45) is 10.7 Å². The number of anilines is 1. The topological polar surface area (TPSA) is 83.2 Å². The second-order valence-electron chi connectivity index (χ2n) is 5.47. The van der Waals surface area contributed by atoms with E-state index in [2.05, 4.69) is 15.2 Å². The number of carbonyl (C=O) groups excluding carboxylic acids is 1. The summed E-state index contributed by atoms with van der Waals surface area (Å²) in [5.74, 6) is -0.0480. The molecule has 1 fully saturated rings. The van der Waals surface area contributed by atoms with Crippen LogP contribution in [0.3, 0.4) is 0 Å². The summed E-state index contributed by atoms with van der Waals surface area (Å²) in [6.45, 7) is 3.88. The fraction of sp³-hybridized carbons (Fsp3) is 0.500. The smallest absolute Gasteiger partial charge is 0.241 e. The van der Waals surface area contributed by atoms with Crippen LogP contribution in [-0.4, -0.2) is 69.8 Å². The third-order valence-electron chi connectivity index (χ3n) is 3.81. The number of hydrogen-bond donors (Lipinski definition) is 2. The Kier molecular flexibility index (Phi) is 9.50. The van der Waals surface area contributed by atoms with E-state index in [4.69, 9.17) is 10.5 Å². The maximum Gasteiger partial charge on any atom is 0.241 e. The number of rotatable bonds is 6. The van der Waals surface area contributed by atoms with Gasteiger partial charge in [0.15, 0.2) is 5.96 Å². The lowest BCUT2D eigenvalue weighted by Gasteiger charge is -2.36. The van der Waals surface area contributed by atoms with Gasteiger partial charge in [0.05, 0.1) is 6.61 Å². The number of methoxy groups -OCH3 is 1. The van der Waals surface area contributed by atoms with Crippen LogP contribution in [0, 0.1) is 5.82 Å². The molecule has 2 rings (SSSR count). The van der Waals surface area contributed by atoms with Gasteiger partial charge in [-0.15, -0.1) is 24.0 Å². The second kappa shape index (κ2) is 11.1. The van der Waals surface area contributed by atoms with E-state index in [0.717, 1.165) is 18.8 Å². The van der Waals surface area contributed by atoms with Gasteiger partial charge in [0.25, 0.3) is 0 Å². The van der Waals surface area contributed by atoms with Crippen molar-refractivity contribution >= 4 is 41.5 Å². The van der Waals surface area contributed by atoms with Gasteiger partial charge in [-0.25, -0.2) is 9.38 Å². The average molecular weight is 465 g/mol. The molecule has 1 aliphatic heterocycles. The van der Waals surface area contributed by atoms with E-state index in [0.29, 0.717) is 32.2 Å². The predicted molar refractivity (Wildman–Crippen MR) is 107 cm³/mol. The largest absolute Gasteiger partial charge is 0.383 e. The van der Waals surface area contributed by atoms with Crippen molar-refractivity contribution < 1.29 is 13.9 Å². The van der Waals surface area contributed by atoms with Gasteiger partial charge in [-0.2, -0.15) is 0 Å². The highest BCUT2D eigenvalue weighted by Crippen LogP contribution is 2.16. The van der Waals surface area contributed by atoms with E-state index in [9.17, 15) is 9.18 Å². The molecule has 9 heteroatoms. The van der Waals surface area contributed by atoms with Gasteiger partial charge in [0.1, 0.15) is 12.4 Å². The summed E-state index contributed by atoms with van der Waals surface area (Å²) in [6.07, 6.45) is 0. The number of piperazine rings is 1. The summed E-state index contributed by atoms with van der Waals surface area (Å²) in [5.41, 5.74) is 6.95. The van der Waals surface area contributed by atoms with Crippen molar-refractivity contribution in [2.45, 2.75) is 0 Å². The summed E-state index contributed by atoms with van der Waals surface area (Å²) in [4.78, 5) is 19.8. The highest BCUT2D eigenvalue weighted by atomic mass is 127. The van der Waals surface area contributed by atoms with Gasteiger partial charge in [0, 0.05) is 45.5 Å². The molecule has 1 heterocycles. The van der Waals surface area contributed by atoms with Crippen LogP contribution in [0.25, 0.3) is 0 Å². The molecule has 1 saturated heterocycles.